The van der Waals surface area contributed by atoms with Crippen molar-refractivity contribution in [3.8, 4) is 0 Å². The molecular formula is C14H21NO5S2. The Balaban J connectivity index is 1.76. The second kappa shape index (κ2) is 5.98. The SMILES string of the molecule is O=S(=O)(Cc1ccc(S(=O)(=O)N2CCCC2)o1)C1CCCC1. The highest BCUT2D eigenvalue weighted by molar-refractivity contribution is 7.91. The first-order chi connectivity index (χ1) is 10.4. The molecule has 1 aromatic heterocycles. The molecule has 0 atom stereocenters. The van der Waals surface area contributed by atoms with Gasteiger partial charge in [-0.1, -0.05) is 12.8 Å². The Labute approximate surface area is 131 Å². The molecule has 6 nitrogen and oxygen atoms in total. The van der Waals surface area contributed by atoms with Crippen molar-refractivity contribution in [2.24, 2.45) is 0 Å². The van der Waals surface area contributed by atoms with Crippen LogP contribution in [0.15, 0.2) is 21.6 Å². The van der Waals surface area contributed by atoms with Crippen LogP contribution in [0.2, 0.25) is 0 Å². The molecule has 22 heavy (non-hydrogen) atoms. The van der Waals surface area contributed by atoms with Gasteiger partial charge in [-0.25, -0.2) is 16.8 Å². The standard InChI is InChI=1S/C14H21NO5S2/c16-21(17,13-5-1-2-6-13)11-12-7-8-14(20-12)22(18,19)15-9-3-4-10-15/h7-8,13H,1-6,9-11H2. The molecule has 8 heteroatoms. The third-order valence-corrected chi connectivity index (χ3v) is 8.40. The number of sulfonamides is 1. The van der Waals surface area contributed by atoms with Gasteiger partial charge >= 0.3 is 0 Å². The summed E-state index contributed by atoms with van der Waals surface area (Å²) >= 11 is 0. The minimum Gasteiger partial charge on any atom is -0.447 e. The van der Waals surface area contributed by atoms with Gasteiger partial charge in [0.25, 0.3) is 10.0 Å². The summed E-state index contributed by atoms with van der Waals surface area (Å²) in [4.78, 5) is 0. The Bertz CT molecular complexity index is 723. The molecule has 1 saturated carbocycles. The predicted octanol–water partition coefficient (Wildman–Crippen LogP) is 1.92. The average molecular weight is 347 g/mol. The van der Waals surface area contributed by atoms with Crippen molar-refractivity contribution in [1.29, 1.82) is 0 Å². The highest BCUT2D eigenvalue weighted by atomic mass is 32.2. The zero-order valence-corrected chi connectivity index (χ0v) is 14.0. The van der Waals surface area contributed by atoms with E-state index < -0.39 is 19.9 Å². The molecule has 0 spiro atoms. The topological polar surface area (TPSA) is 84.7 Å². The van der Waals surface area contributed by atoms with Crippen LogP contribution in [0.1, 0.15) is 44.3 Å². The first-order valence-corrected chi connectivity index (χ1v) is 10.9. The molecule has 0 unspecified atom stereocenters. The number of furan rings is 1. The second-order valence-electron chi connectivity index (χ2n) is 6.05. The van der Waals surface area contributed by atoms with Crippen LogP contribution in [0.5, 0.6) is 0 Å². The van der Waals surface area contributed by atoms with E-state index >= 15 is 0 Å². The minimum atomic E-state index is -3.62. The smallest absolute Gasteiger partial charge is 0.276 e. The molecule has 0 radical (unpaired) electrons. The molecule has 0 N–H and O–H groups in total. The monoisotopic (exact) mass is 347 g/mol. The van der Waals surface area contributed by atoms with E-state index in [1.165, 1.54) is 16.4 Å². The zero-order valence-electron chi connectivity index (χ0n) is 12.4. The highest BCUT2D eigenvalue weighted by Crippen LogP contribution is 2.29. The number of hydrogen-bond donors (Lipinski definition) is 0. The fourth-order valence-corrected chi connectivity index (χ4v) is 6.48. The Kier molecular flexibility index (Phi) is 4.35. The van der Waals surface area contributed by atoms with Crippen molar-refractivity contribution < 1.29 is 21.3 Å². The zero-order chi connectivity index (χ0) is 15.8. The van der Waals surface area contributed by atoms with Gasteiger partial charge in [0, 0.05) is 13.1 Å². The molecule has 1 aliphatic heterocycles. The third kappa shape index (κ3) is 3.09. The number of nitrogens with zero attached hydrogens (tertiary/aromatic N) is 1. The van der Waals surface area contributed by atoms with Crippen molar-refractivity contribution in [3.05, 3.63) is 17.9 Å². The lowest BCUT2D eigenvalue weighted by Crippen LogP contribution is -2.27. The summed E-state index contributed by atoms with van der Waals surface area (Å²) in [5.41, 5.74) is 0. The summed E-state index contributed by atoms with van der Waals surface area (Å²) in [5, 5.41) is -0.456. The van der Waals surface area contributed by atoms with Crippen molar-refractivity contribution in [2.75, 3.05) is 13.1 Å². The molecule has 1 aliphatic carbocycles. The molecule has 1 aromatic rings. The summed E-state index contributed by atoms with van der Waals surface area (Å²) in [6, 6.07) is 2.84. The molecule has 3 rings (SSSR count). The second-order valence-corrected chi connectivity index (χ2v) is 10.2. The van der Waals surface area contributed by atoms with Gasteiger partial charge in [0.05, 0.1) is 5.25 Å². The van der Waals surface area contributed by atoms with E-state index in [1.54, 1.807) is 0 Å². The fourth-order valence-electron chi connectivity index (χ4n) is 3.19. The molecule has 0 amide bonds. The maximum atomic E-state index is 12.4. The summed E-state index contributed by atoms with van der Waals surface area (Å²) in [7, 11) is -6.89. The lowest BCUT2D eigenvalue weighted by Gasteiger charge is -2.13. The molecule has 0 bridgehead atoms. The Hall–Kier alpha value is -0.860. The molecule has 124 valence electrons. The van der Waals surface area contributed by atoms with Crippen LogP contribution < -0.4 is 0 Å². The van der Waals surface area contributed by atoms with E-state index in [0.717, 1.165) is 25.7 Å². The quantitative estimate of drug-likeness (QED) is 0.812. The van der Waals surface area contributed by atoms with Crippen LogP contribution in [-0.2, 0) is 25.6 Å². The number of sulfone groups is 1. The Morgan fingerprint density at radius 2 is 1.64 bits per heavy atom. The number of hydrogen-bond acceptors (Lipinski definition) is 5. The van der Waals surface area contributed by atoms with E-state index in [0.29, 0.717) is 25.9 Å². The summed E-state index contributed by atoms with van der Waals surface area (Å²) < 4.78 is 56.0. The van der Waals surface area contributed by atoms with Crippen molar-refractivity contribution in [1.82, 2.24) is 4.31 Å². The summed E-state index contributed by atoms with van der Waals surface area (Å²) in [6.07, 6.45) is 4.98. The van der Waals surface area contributed by atoms with Crippen LogP contribution in [0, 0.1) is 0 Å². The van der Waals surface area contributed by atoms with Crippen LogP contribution in [0.25, 0.3) is 0 Å². The summed E-state index contributed by atoms with van der Waals surface area (Å²) in [6.45, 7) is 0.997. The molecule has 2 fully saturated rings. The van der Waals surface area contributed by atoms with Crippen molar-refractivity contribution >= 4 is 19.9 Å². The van der Waals surface area contributed by atoms with E-state index in [4.69, 9.17) is 4.42 Å². The van der Waals surface area contributed by atoms with Gasteiger partial charge in [-0.3, -0.25) is 0 Å². The van der Waals surface area contributed by atoms with Gasteiger partial charge in [0.15, 0.2) is 9.84 Å². The Morgan fingerprint density at radius 1 is 1.00 bits per heavy atom. The van der Waals surface area contributed by atoms with E-state index in [9.17, 15) is 16.8 Å². The van der Waals surface area contributed by atoms with E-state index in [-0.39, 0.29) is 21.9 Å². The van der Waals surface area contributed by atoms with Crippen LogP contribution >= 0.6 is 0 Å². The van der Waals surface area contributed by atoms with Crippen molar-refractivity contribution in [3.63, 3.8) is 0 Å². The maximum Gasteiger partial charge on any atom is 0.276 e. The predicted molar refractivity (Wildman–Crippen MR) is 81.6 cm³/mol. The lowest BCUT2D eigenvalue weighted by molar-refractivity contribution is 0.395. The Morgan fingerprint density at radius 3 is 2.27 bits per heavy atom. The third-order valence-electron chi connectivity index (χ3n) is 4.45. The first kappa shape index (κ1) is 16.0. The lowest BCUT2D eigenvalue weighted by atomic mass is 10.4. The normalized spacial score (nSPS) is 21.6. The fraction of sp³-hybridized carbons (Fsp3) is 0.714. The molecule has 2 aliphatic rings. The van der Waals surface area contributed by atoms with Crippen LogP contribution in [0.4, 0.5) is 0 Å². The van der Waals surface area contributed by atoms with E-state index in [1.807, 2.05) is 0 Å². The van der Waals surface area contributed by atoms with Crippen LogP contribution in [0.3, 0.4) is 0 Å². The van der Waals surface area contributed by atoms with Gasteiger partial charge in [-0.2, -0.15) is 4.31 Å². The van der Waals surface area contributed by atoms with Gasteiger partial charge in [0.2, 0.25) is 5.09 Å². The van der Waals surface area contributed by atoms with E-state index in [2.05, 4.69) is 0 Å². The maximum absolute atomic E-state index is 12.4. The molecule has 2 heterocycles. The highest BCUT2D eigenvalue weighted by Gasteiger charge is 2.32. The molecular weight excluding hydrogens is 326 g/mol. The van der Waals surface area contributed by atoms with Crippen LogP contribution in [-0.4, -0.2) is 39.5 Å². The largest absolute Gasteiger partial charge is 0.447 e. The summed E-state index contributed by atoms with van der Waals surface area (Å²) in [5.74, 6) is -0.00243. The average Bonchev–Trinajstić information content (AvgIpc) is 3.21. The van der Waals surface area contributed by atoms with Crippen molar-refractivity contribution in [2.45, 2.75) is 54.6 Å². The first-order valence-electron chi connectivity index (χ1n) is 7.70. The van der Waals surface area contributed by atoms with Gasteiger partial charge in [-0.15, -0.1) is 0 Å². The molecule has 0 aromatic carbocycles. The van der Waals surface area contributed by atoms with Gasteiger partial charge in [0.1, 0.15) is 11.5 Å². The van der Waals surface area contributed by atoms with Gasteiger partial charge in [-0.05, 0) is 37.8 Å². The molecule has 1 saturated heterocycles. The number of rotatable bonds is 5. The minimum absolute atomic E-state index is 0.147. The van der Waals surface area contributed by atoms with Gasteiger partial charge < -0.3 is 4.42 Å².